The second kappa shape index (κ2) is 9.65. The van der Waals surface area contributed by atoms with E-state index in [4.69, 9.17) is 21.1 Å². The Morgan fingerprint density at radius 2 is 1.93 bits per heavy atom. The van der Waals surface area contributed by atoms with Crippen LogP contribution in [0.3, 0.4) is 0 Å². The first kappa shape index (κ1) is 21.0. The Bertz CT molecular complexity index is 900. The summed E-state index contributed by atoms with van der Waals surface area (Å²) in [6, 6.07) is 10.7. The van der Waals surface area contributed by atoms with E-state index in [1.54, 1.807) is 12.1 Å². The third kappa shape index (κ3) is 5.21. The number of nitrogens with zero attached hydrogens (tertiary/aromatic N) is 1. The molecular formula is C22H25ClN2O4. The standard InChI is InChI=1S/C22H25ClN2O4/c1-3-9-25(14-20(26)24-18-8-5-4-7-15(18)2)22(27)16-12-17(23)21-19(13-16)28-10-6-11-29-21/h4-5,7-8,12-13H,3,6,9-11,14H2,1-2H3,(H,24,26). The van der Waals surface area contributed by atoms with Gasteiger partial charge in [0.25, 0.3) is 5.91 Å². The summed E-state index contributed by atoms with van der Waals surface area (Å²) in [5.41, 5.74) is 2.07. The number of para-hydroxylation sites is 1. The summed E-state index contributed by atoms with van der Waals surface area (Å²) in [6.45, 7) is 5.30. The maximum atomic E-state index is 13.1. The van der Waals surface area contributed by atoms with Gasteiger partial charge in [-0.15, -0.1) is 0 Å². The summed E-state index contributed by atoms with van der Waals surface area (Å²) in [5.74, 6) is 0.394. The van der Waals surface area contributed by atoms with Gasteiger partial charge in [-0.25, -0.2) is 0 Å². The van der Waals surface area contributed by atoms with Crippen molar-refractivity contribution in [3.05, 3.63) is 52.5 Å². The highest BCUT2D eigenvalue weighted by atomic mass is 35.5. The molecule has 0 unspecified atom stereocenters. The van der Waals surface area contributed by atoms with E-state index in [0.717, 1.165) is 24.1 Å². The molecule has 1 aliphatic rings. The number of hydrogen-bond acceptors (Lipinski definition) is 4. The molecule has 0 fully saturated rings. The number of fused-ring (bicyclic) bond motifs is 1. The minimum absolute atomic E-state index is 0.0485. The lowest BCUT2D eigenvalue weighted by Crippen LogP contribution is -2.38. The SMILES string of the molecule is CCCN(CC(=O)Nc1ccccc1C)C(=O)c1cc(Cl)c2c(c1)OCCCO2. The summed E-state index contributed by atoms with van der Waals surface area (Å²) in [7, 11) is 0. The van der Waals surface area contributed by atoms with Crippen LogP contribution in [0.1, 0.15) is 35.7 Å². The second-order valence-electron chi connectivity index (χ2n) is 6.93. The van der Waals surface area contributed by atoms with Crippen molar-refractivity contribution in [2.75, 3.05) is 31.6 Å². The fourth-order valence-corrected chi connectivity index (χ4v) is 3.40. The van der Waals surface area contributed by atoms with Crippen LogP contribution in [0.2, 0.25) is 5.02 Å². The minimum Gasteiger partial charge on any atom is -0.489 e. The van der Waals surface area contributed by atoms with Crippen LogP contribution in [-0.2, 0) is 4.79 Å². The molecule has 0 aromatic heterocycles. The van der Waals surface area contributed by atoms with Crippen molar-refractivity contribution in [2.45, 2.75) is 26.7 Å². The smallest absolute Gasteiger partial charge is 0.254 e. The number of halogens is 1. The van der Waals surface area contributed by atoms with Crippen LogP contribution in [0.4, 0.5) is 5.69 Å². The van der Waals surface area contributed by atoms with Crippen LogP contribution in [0.15, 0.2) is 36.4 Å². The summed E-state index contributed by atoms with van der Waals surface area (Å²) in [5, 5.41) is 3.20. The normalized spacial score (nSPS) is 12.8. The number of carbonyl (C=O) groups is 2. The number of aryl methyl sites for hydroxylation is 1. The molecule has 2 aromatic carbocycles. The third-order valence-electron chi connectivity index (χ3n) is 4.58. The third-order valence-corrected chi connectivity index (χ3v) is 4.86. The van der Waals surface area contributed by atoms with Crippen molar-refractivity contribution >= 4 is 29.1 Å². The minimum atomic E-state index is -0.274. The molecular weight excluding hydrogens is 392 g/mol. The van der Waals surface area contributed by atoms with E-state index in [-0.39, 0.29) is 18.4 Å². The van der Waals surface area contributed by atoms with Crippen LogP contribution < -0.4 is 14.8 Å². The maximum absolute atomic E-state index is 13.1. The Morgan fingerprint density at radius 1 is 1.17 bits per heavy atom. The van der Waals surface area contributed by atoms with E-state index < -0.39 is 0 Å². The van der Waals surface area contributed by atoms with Gasteiger partial charge < -0.3 is 19.7 Å². The van der Waals surface area contributed by atoms with Crippen LogP contribution in [0.5, 0.6) is 11.5 Å². The number of hydrogen-bond donors (Lipinski definition) is 1. The molecule has 7 heteroatoms. The number of rotatable bonds is 6. The van der Waals surface area contributed by atoms with Gasteiger partial charge in [-0.05, 0) is 37.1 Å². The lowest BCUT2D eigenvalue weighted by molar-refractivity contribution is -0.116. The zero-order valence-electron chi connectivity index (χ0n) is 16.7. The highest BCUT2D eigenvalue weighted by molar-refractivity contribution is 6.32. The first-order valence-corrected chi connectivity index (χ1v) is 10.1. The van der Waals surface area contributed by atoms with Crippen LogP contribution in [-0.4, -0.2) is 43.0 Å². The van der Waals surface area contributed by atoms with Crippen LogP contribution in [0, 0.1) is 6.92 Å². The Kier molecular flexibility index (Phi) is 6.99. The zero-order valence-corrected chi connectivity index (χ0v) is 17.4. The number of carbonyl (C=O) groups excluding carboxylic acids is 2. The molecule has 3 rings (SSSR count). The van der Waals surface area contributed by atoms with Gasteiger partial charge in [-0.2, -0.15) is 0 Å². The molecule has 29 heavy (non-hydrogen) atoms. The fourth-order valence-electron chi connectivity index (χ4n) is 3.14. The van der Waals surface area contributed by atoms with E-state index in [1.807, 2.05) is 38.1 Å². The molecule has 1 aliphatic heterocycles. The van der Waals surface area contributed by atoms with Gasteiger partial charge >= 0.3 is 0 Å². The van der Waals surface area contributed by atoms with E-state index in [9.17, 15) is 9.59 Å². The van der Waals surface area contributed by atoms with Crippen LogP contribution >= 0.6 is 11.6 Å². The van der Waals surface area contributed by atoms with Crippen molar-refractivity contribution in [3.8, 4) is 11.5 Å². The maximum Gasteiger partial charge on any atom is 0.254 e. The first-order chi connectivity index (χ1) is 14.0. The molecule has 0 spiro atoms. The van der Waals surface area contributed by atoms with Gasteiger partial charge in [0.05, 0.1) is 18.2 Å². The highest BCUT2D eigenvalue weighted by Gasteiger charge is 2.23. The summed E-state index contributed by atoms with van der Waals surface area (Å²) < 4.78 is 11.3. The fraction of sp³-hybridized carbons (Fsp3) is 0.364. The van der Waals surface area contributed by atoms with Crippen LogP contribution in [0.25, 0.3) is 0 Å². The lowest BCUT2D eigenvalue weighted by atomic mass is 10.1. The average molecular weight is 417 g/mol. The summed E-state index contributed by atoms with van der Waals surface area (Å²) in [6.07, 6.45) is 1.47. The Morgan fingerprint density at radius 3 is 2.69 bits per heavy atom. The quantitative estimate of drug-likeness (QED) is 0.762. The van der Waals surface area contributed by atoms with Crippen molar-refractivity contribution < 1.29 is 19.1 Å². The van der Waals surface area contributed by atoms with E-state index >= 15 is 0 Å². The van der Waals surface area contributed by atoms with E-state index in [1.165, 1.54) is 4.90 Å². The zero-order chi connectivity index (χ0) is 20.8. The van der Waals surface area contributed by atoms with Gasteiger partial charge in [0, 0.05) is 24.2 Å². The molecule has 2 aromatic rings. The molecule has 6 nitrogen and oxygen atoms in total. The van der Waals surface area contributed by atoms with Crippen molar-refractivity contribution in [3.63, 3.8) is 0 Å². The first-order valence-electron chi connectivity index (χ1n) is 9.73. The van der Waals surface area contributed by atoms with E-state index in [0.29, 0.717) is 41.8 Å². The highest BCUT2D eigenvalue weighted by Crippen LogP contribution is 2.38. The predicted octanol–water partition coefficient (Wildman–Crippen LogP) is 4.30. The molecule has 0 saturated carbocycles. The molecule has 0 aliphatic carbocycles. The van der Waals surface area contributed by atoms with Gasteiger partial charge in [0.15, 0.2) is 11.5 Å². The van der Waals surface area contributed by atoms with E-state index in [2.05, 4.69) is 5.32 Å². The molecule has 0 radical (unpaired) electrons. The Hall–Kier alpha value is -2.73. The Labute approximate surface area is 175 Å². The average Bonchev–Trinajstić information content (AvgIpc) is 2.95. The van der Waals surface area contributed by atoms with Gasteiger partial charge in [-0.3, -0.25) is 9.59 Å². The molecule has 0 bridgehead atoms. The topological polar surface area (TPSA) is 67.9 Å². The molecule has 0 atom stereocenters. The number of ether oxygens (including phenoxy) is 2. The predicted molar refractivity (Wildman–Crippen MR) is 113 cm³/mol. The van der Waals surface area contributed by atoms with Crippen molar-refractivity contribution in [2.24, 2.45) is 0 Å². The number of amides is 2. The molecule has 154 valence electrons. The van der Waals surface area contributed by atoms with Gasteiger partial charge in [-0.1, -0.05) is 36.7 Å². The van der Waals surface area contributed by atoms with Crippen molar-refractivity contribution in [1.82, 2.24) is 4.90 Å². The molecule has 2 amide bonds. The van der Waals surface area contributed by atoms with Gasteiger partial charge in [0.2, 0.25) is 5.91 Å². The van der Waals surface area contributed by atoms with Gasteiger partial charge in [0.1, 0.15) is 6.54 Å². The molecule has 1 heterocycles. The number of nitrogens with one attached hydrogen (secondary N) is 1. The van der Waals surface area contributed by atoms with Crippen molar-refractivity contribution in [1.29, 1.82) is 0 Å². The lowest BCUT2D eigenvalue weighted by Gasteiger charge is -2.22. The molecule has 0 saturated heterocycles. The summed E-state index contributed by atoms with van der Waals surface area (Å²) in [4.78, 5) is 27.2. The Balaban J connectivity index is 1.77. The molecule has 1 N–H and O–H groups in total. The largest absolute Gasteiger partial charge is 0.489 e. The monoisotopic (exact) mass is 416 g/mol. The summed E-state index contributed by atoms with van der Waals surface area (Å²) >= 11 is 6.32. The number of anilines is 1. The number of benzene rings is 2. The second-order valence-corrected chi connectivity index (χ2v) is 7.33.